The number of alkyl halides is 2. The number of carbonyl (C=O) groups is 1. The van der Waals surface area contributed by atoms with Crippen LogP contribution in [0.1, 0.15) is 10.4 Å². The number of hydrogen-bond donors (Lipinski definition) is 1. The predicted octanol–water partition coefficient (Wildman–Crippen LogP) is 2.40. The van der Waals surface area contributed by atoms with Crippen LogP contribution in [-0.2, 0) is 0 Å². The molecular formula is C10H11F2NOS. The van der Waals surface area contributed by atoms with Crippen molar-refractivity contribution in [1.29, 1.82) is 0 Å². The Bertz CT molecular complexity index is 327. The molecule has 0 atom stereocenters. The van der Waals surface area contributed by atoms with Gasteiger partial charge in [-0.05, 0) is 19.2 Å². The lowest BCUT2D eigenvalue weighted by Crippen LogP contribution is -2.18. The molecule has 5 heteroatoms. The minimum Gasteiger partial charge on any atom is -0.313 e. The SMILES string of the molecule is CNCC(=O)c1ccc(SC(F)F)cc1. The van der Waals surface area contributed by atoms with E-state index in [1.807, 2.05) is 0 Å². The number of hydrogen-bond acceptors (Lipinski definition) is 3. The summed E-state index contributed by atoms with van der Waals surface area (Å²) in [6.45, 7) is 0.251. The van der Waals surface area contributed by atoms with Gasteiger partial charge in [0.15, 0.2) is 5.78 Å². The van der Waals surface area contributed by atoms with E-state index < -0.39 is 5.76 Å². The average Bonchev–Trinajstić information content (AvgIpc) is 2.18. The van der Waals surface area contributed by atoms with Crippen molar-refractivity contribution in [1.82, 2.24) is 5.32 Å². The van der Waals surface area contributed by atoms with Crippen LogP contribution in [0.4, 0.5) is 8.78 Å². The van der Waals surface area contributed by atoms with Crippen molar-refractivity contribution in [2.24, 2.45) is 0 Å². The summed E-state index contributed by atoms with van der Waals surface area (Å²) in [7, 11) is 1.68. The van der Waals surface area contributed by atoms with Crippen LogP contribution in [0.25, 0.3) is 0 Å². The lowest BCUT2D eigenvalue weighted by atomic mass is 10.1. The van der Waals surface area contributed by atoms with E-state index in [-0.39, 0.29) is 12.3 Å². The molecule has 1 rings (SSSR count). The van der Waals surface area contributed by atoms with E-state index in [9.17, 15) is 13.6 Å². The Morgan fingerprint density at radius 2 is 2.00 bits per heavy atom. The molecule has 0 unspecified atom stereocenters. The van der Waals surface area contributed by atoms with Crippen molar-refractivity contribution in [3.63, 3.8) is 0 Å². The van der Waals surface area contributed by atoms with E-state index in [2.05, 4.69) is 5.32 Å². The van der Waals surface area contributed by atoms with E-state index >= 15 is 0 Å². The largest absolute Gasteiger partial charge is 0.313 e. The molecule has 1 N–H and O–H groups in total. The number of Topliss-reactive ketones (excluding diaryl/α,β-unsaturated/α-hetero) is 1. The van der Waals surface area contributed by atoms with Crippen LogP contribution in [0.5, 0.6) is 0 Å². The number of thioether (sulfide) groups is 1. The first-order valence-electron chi connectivity index (χ1n) is 4.36. The Morgan fingerprint density at radius 3 is 2.47 bits per heavy atom. The number of likely N-dealkylation sites (N-methyl/N-ethyl adjacent to an activating group) is 1. The third-order valence-corrected chi connectivity index (χ3v) is 2.46. The van der Waals surface area contributed by atoms with Gasteiger partial charge in [0.2, 0.25) is 0 Å². The van der Waals surface area contributed by atoms with E-state index in [0.717, 1.165) is 0 Å². The minimum atomic E-state index is -2.43. The highest BCUT2D eigenvalue weighted by atomic mass is 32.2. The summed E-state index contributed by atoms with van der Waals surface area (Å²) in [6, 6.07) is 6.17. The fourth-order valence-electron chi connectivity index (χ4n) is 1.08. The minimum absolute atomic E-state index is 0.0499. The van der Waals surface area contributed by atoms with Gasteiger partial charge >= 0.3 is 0 Å². The summed E-state index contributed by atoms with van der Waals surface area (Å²) in [5.74, 6) is -2.48. The Hall–Kier alpha value is -0.940. The Balaban J connectivity index is 2.67. The molecule has 0 amide bonds. The molecule has 0 aromatic heterocycles. The molecule has 0 saturated heterocycles. The van der Waals surface area contributed by atoms with E-state index in [0.29, 0.717) is 22.2 Å². The maximum absolute atomic E-state index is 12.0. The number of benzene rings is 1. The first-order valence-corrected chi connectivity index (χ1v) is 5.24. The molecule has 0 radical (unpaired) electrons. The van der Waals surface area contributed by atoms with Gasteiger partial charge in [-0.2, -0.15) is 8.78 Å². The monoisotopic (exact) mass is 231 g/mol. The molecule has 2 nitrogen and oxygen atoms in total. The van der Waals surface area contributed by atoms with Gasteiger partial charge in [-0.1, -0.05) is 23.9 Å². The van der Waals surface area contributed by atoms with Gasteiger partial charge in [0, 0.05) is 10.5 Å². The first-order chi connectivity index (χ1) is 7.13. The third-order valence-electron chi connectivity index (χ3n) is 1.74. The molecule has 0 bridgehead atoms. The molecule has 1 aromatic carbocycles. The summed E-state index contributed by atoms with van der Waals surface area (Å²) in [4.78, 5) is 11.8. The van der Waals surface area contributed by atoms with Crippen molar-refractivity contribution in [2.45, 2.75) is 10.7 Å². The molecule has 15 heavy (non-hydrogen) atoms. The van der Waals surface area contributed by atoms with Gasteiger partial charge < -0.3 is 5.32 Å². The molecule has 0 spiro atoms. The van der Waals surface area contributed by atoms with Crippen LogP contribution in [0, 0.1) is 0 Å². The van der Waals surface area contributed by atoms with Gasteiger partial charge in [-0.25, -0.2) is 0 Å². The van der Waals surface area contributed by atoms with Crippen molar-refractivity contribution in [2.75, 3.05) is 13.6 Å². The zero-order valence-corrected chi connectivity index (χ0v) is 8.98. The molecule has 1 aromatic rings. The molecule has 0 aliphatic rings. The fourth-order valence-corrected chi connectivity index (χ4v) is 1.58. The second kappa shape index (κ2) is 5.82. The van der Waals surface area contributed by atoms with Crippen molar-refractivity contribution in [3.05, 3.63) is 29.8 Å². The van der Waals surface area contributed by atoms with Crippen LogP contribution in [-0.4, -0.2) is 25.1 Å². The quantitative estimate of drug-likeness (QED) is 0.623. The van der Waals surface area contributed by atoms with Gasteiger partial charge in [0.1, 0.15) is 0 Å². The van der Waals surface area contributed by atoms with Gasteiger partial charge in [-0.15, -0.1) is 0 Å². The van der Waals surface area contributed by atoms with Crippen LogP contribution in [0.2, 0.25) is 0 Å². The lowest BCUT2D eigenvalue weighted by Gasteiger charge is -2.02. The molecule has 82 valence electrons. The highest BCUT2D eigenvalue weighted by molar-refractivity contribution is 7.99. The number of halogens is 2. The zero-order valence-electron chi connectivity index (χ0n) is 8.17. The normalized spacial score (nSPS) is 10.7. The van der Waals surface area contributed by atoms with Gasteiger partial charge in [0.25, 0.3) is 5.76 Å². The molecule has 0 heterocycles. The van der Waals surface area contributed by atoms with Crippen LogP contribution >= 0.6 is 11.8 Å². The zero-order chi connectivity index (χ0) is 11.3. The highest BCUT2D eigenvalue weighted by Crippen LogP contribution is 2.25. The van der Waals surface area contributed by atoms with Gasteiger partial charge in [0.05, 0.1) is 6.54 Å². The summed E-state index contributed by atoms with van der Waals surface area (Å²) in [6.07, 6.45) is 0. The first kappa shape index (κ1) is 12.1. The number of rotatable bonds is 5. The molecule has 0 fully saturated rings. The molecule has 0 saturated carbocycles. The maximum atomic E-state index is 12.0. The van der Waals surface area contributed by atoms with E-state index in [4.69, 9.17) is 0 Å². The lowest BCUT2D eigenvalue weighted by molar-refractivity contribution is 0.0993. The number of carbonyl (C=O) groups excluding carboxylic acids is 1. The Morgan fingerprint density at radius 1 is 1.40 bits per heavy atom. The van der Waals surface area contributed by atoms with Crippen molar-refractivity contribution < 1.29 is 13.6 Å². The maximum Gasteiger partial charge on any atom is 0.288 e. The highest BCUT2D eigenvalue weighted by Gasteiger charge is 2.07. The summed E-state index contributed by atoms with van der Waals surface area (Å²) >= 11 is 0.472. The molecule has 0 aliphatic carbocycles. The average molecular weight is 231 g/mol. The van der Waals surface area contributed by atoms with Crippen molar-refractivity contribution >= 4 is 17.5 Å². The third kappa shape index (κ3) is 3.97. The second-order valence-corrected chi connectivity index (χ2v) is 3.92. The van der Waals surface area contributed by atoms with E-state index in [1.165, 1.54) is 12.1 Å². The molecule has 0 aliphatic heterocycles. The smallest absolute Gasteiger partial charge is 0.288 e. The van der Waals surface area contributed by atoms with Crippen LogP contribution < -0.4 is 5.32 Å². The fraction of sp³-hybridized carbons (Fsp3) is 0.300. The topological polar surface area (TPSA) is 29.1 Å². The summed E-state index contributed by atoms with van der Waals surface area (Å²) < 4.78 is 24.0. The standard InChI is InChI=1S/C10H11F2NOS/c1-13-6-9(14)7-2-4-8(5-3-7)15-10(11)12/h2-5,10,13H,6H2,1H3. The van der Waals surface area contributed by atoms with Crippen molar-refractivity contribution in [3.8, 4) is 0 Å². The number of ketones is 1. The second-order valence-electron chi connectivity index (χ2n) is 2.86. The summed E-state index contributed by atoms with van der Waals surface area (Å²) in [5, 5.41) is 2.74. The summed E-state index contributed by atoms with van der Waals surface area (Å²) in [5.41, 5.74) is 0.531. The predicted molar refractivity (Wildman–Crippen MR) is 56.6 cm³/mol. The Labute approximate surface area is 91.1 Å². The van der Waals surface area contributed by atoms with Gasteiger partial charge in [-0.3, -0.25) is 4.79 Å². The molecular weight excluding hydrogens is 220 g/mol. The van der Waals surface area contributed by atoms with E-state index in [1.54, 1.807) is 19.2 Å². The number of nitrogens with one attached hydrogen (secondary N) is 1. The van der Waals surface area contributed by atoms with Crippen LogP contribution in [0.3, 0.4) is 0 Å². The Kier molecular flexibility index (Phi) is 4.71. The van der Waals surface area contributed by atoms with Crippen LogP contribution in [0.15, 0.2) is 29.2 Å².